The highest BCUT2D eigenvalue weighted by Crippen LogP contribution is 2.22. The van der Waals surface area contributed by atoms with E-state index in [1.807, 2.05) is 24.3 Å². The lowest BCUT2D eigenvalue weighted by atomic mass is 9.92. The molecule has 2 heterocycles. The highest BCUT2D eigenvalue weighted by molar-refractivity contribution is 5.94. The maximum atomic E-state index is 12.3. The Morgan fingerprint density at radius 1 is 1.21 bits per heavy atom. The van der Waals surface area contributed by atoms with E-state index in [1.54, 1.807) is 13.8 Å². The van der Waals surface area contributed by atoms with Crippen molar-refractivity contribution in [3.8, 4) is 0 Å². The number of Topliss-reactive ketones (excluding diaryl/α,β-unsaturated/α-hetero) is 2. The SMILES string of the molecule is CC(=O)c1ccc(CN2CCC(C(=O)c3nc(C)no3)CC2)cc1. The first-order chi connectivity index (χ1) is 11.5. The van der Waals surface area contributed by atoms with Crippen molar-refractivity contribution in [2.75, 3.05) is 13.1 Å². The molecule has 0 bridgehead atoms. The summed E-state index contributed by atoms with van der Waals surface area (Å²) >= 11 is 0. The van der Waals surface area contributed by atoms with Gasteiger partial charge in [-0.25, -0.2) is 0 Å². The molecule has 0 saturated carbocycles. The smallest absolute Gasteiger partial charge is 0.294 e. The lowest BCUT2D eigenvalue weighted by Crippen LogP contribution is -2.36. The van der Waals surface area contributed by atoms with Crippen LogP contribution in [-0.4, -0.2) is 39.7 Å². The van der Waals surface area contributed by atoms with E-state index < -0.39 is 0 Å². The summed E-state index contributed by atoms with van der Waals surface area (Å²) in [5.41, 5.74) is 1.91. The van der Waals surface area contributed by atoms with Crippen molar-refractivity contribution in [2.45, 2.75) is 33.2 Å². The Hall–Kier alpha value is -2.34. The van der Waals surface area contributed by atoms with E-state index in [0.717, 1.165) is 38.0 Å². The lowest BCUT2D eigenvalue weighted by Gasteiger charge is -2.30. The zero-order chi connectivity index (χ0) is 17.1. The molecule has 0 N–H and O–H groups in total. The van der Waals surface area contributed by atoms with E-state index >= 15 is 0 Å². The molecule has 0 spiro atoms. The summed E-state index contributed by atoms with van der Waals surface area (Å²) in [6.45, 7) is 5.83. The van der Waals surface area contributed by atoms with Crippen LogP contribution in [0.5, 0.6) is 0 Å². The van der Waals surface area contributed by atoms with E-state index in [-0.39, 0.29) is 23.4 Å². The molecule has 6 nitrogen and oxygen atoms in total. The number of aromatic nitrogens is 2. The Morgan fingerprint density at radius 2 is 1.88 bits per heavy atom. The Balaban J connectivity index is 1.53. The molecule has 0 amide bonds. The topological polar surface area (TPSA) is 76.3 Å². The van der Waals surface area contributed by atoms with E-state index in [2.05, 4.69) is 15.0 Å². The number of benzene rings is 1. The summed E-state index contributed by atoms with van der Waals surface area (Å²) in [6, 6.07) is 7.72. The summed E-state index contributed by atoms with van der Waals surface area (Å²) in [6.07, 6.45) is 1.59. The minimum atomic E-state index is -0.0407. The number of piperidine rings is 1. The molecular formula is C18H21N3O3. The van der Waals surface area contributed by atoms with Gasteiger partial charge in [0.05, 0.1) is 0 Å². The average Bonchev–Trinajstić information content (AvgIpc) is 3.02. The Kier molecular flexibility index (Phi) is 4.85. The monoisotopic (exact) mass is 327 g/mol. The van der Waals surface area contributed by atoms with Crippen LogP contribution in [-0.2, 0) is 6.54 Å². The first-order valence-electron chi connectivity index (χ1n) is 8.19. The number of hydrogen-bond donors (Lipinski definition) is 0. The molecule has 3 rings (SSSR count). The first kappa shape index (κ1) is 16.5. The van der Waals surface area contributed by atoms with Crippen LogP contribution >= 0.6 is 0 Å². The molecule has 2 aromatic rings. The van der Waals surface area contributed by atoms with Crippen molar-refractivity contribution in [3.63, 3.8) is 0 Å². The molecule has 0 radical (unpaired) electrons. The quantitative estimate of drug-likeness (QED) is 0.786. The van der Waals surface area contributed by atoms with Crippen molar-refractivity contribution >= 4 is 11.6 Å². The van der Waals surface area contributed by atoms with Crippen LogP contribution in [0.1, 0.15) is 52.2 Å². The van der Waals surface area contributed by atoms with E-state index in [4.69, 9.17) is 4.52 Å². The highest BCUT2D eigenvalue weighted by atomic mass is 16.5. The van der Waals surface area contributed by atoms with Crippen LogP contribution in [0.15, 0.2) is 28.8 Å². The van der Waals surface area contributed by atoms with E-state index in [9.17, 15) is 9.59 Å². The molecule has 1 fully saturated rings. The van der Waals surface area contributed by atoms with Crippen molar-refractivity contribution < 1.29 is 14.1 Å². The van der Waals surface area contributed by atoms with Crippen LogP contribution in [0, 0.1) is 12.8 Å². The largest absolute Gasteiger partial charge is 0.331 e. The second-order valence-corrected chi connectivity index (χ2v) is 6.31. The minimum absolute atomic E-state index is 0.0406. The third kappa shape index (κ3) is 3.76. The lowest BCUT2D eigenvalue weighted by molar-refractivity contribution is 0.0790. The van der Waals surface area contributed by atoms with Crippen molar-refractivity contribution in [1.29, 1.82) is 0 Å². The summed E-state index contributed by atoms with van der Waals surface area (Å²) < 4.78 is 4.98. The van der Waals surface area contributed by atoms with E-state index in [1.165, 1.54) is 5.56 Å². The van der Waals surface area contributed by atoms with Gasteiger partial charge in [0.2, 0.25) is 5.78 Å². The number of carbonyl (C=O) groups is 2. The van der Waals surface area contributed by atoms with Crippen molar-refractivity contribution in [2.24, 2.45) is 5.92 Å². The minimum Gasteiger partial charge on any atom is -0.331 e. The third-order valence-corrected chi connectivity index (χ3v) is 4.46. The summed E-state index contributed by atoms with van der Waals surface area (Å²) in [7, 11) is 0. The second kappa shape index (κ2) is 7.05. The molecule has 1 aromatic heterocycles. The van der Waals surface area contributed by atoms with Gasteiger partial charge >= 0.3 is 0 Å². The van der Waals surface area contributed by atoms with Crippen LogP contribution in [0.3, 0.4) is 0 Å². The van der Waals surface area contributed by atoms with Gasteiger partial charge in [-0.15, -0.1) is 0 Å². The van der Waals surface area contributed by atoms with Crippen LogP contribution in [0.4, 0.5) is 0 Å². The average molecular weight is 327 g/mol. The van der Waals surface area contributed by atoms with Crippen LogP contribution in [0.25, 0.3) is 0 Å². The molecule has 0 aliphatic carbocycles. The predicted octanol–water partition coefficient (Wildman–Crippen LogP) is 2.68. The van der Waals surface area contributed by atoms with Gasteiger partial charge in [0, 0.05) is 18.0 Å². The molecule has 0 atom stereocenters. The summed E-state index contributed by atoms with van der Waals surface area (Å²) in [5, 5.41) is 3.68. The number of aryl methyl sites for hydroxylation is 1. The zero-order valence-electron chi connectivity index (χ0n) is 14.0. The second-order valence-electron chi connectivity index (χ2n) is 6.31. The van der Waals surface area contributed by atoms with Crippen LogP contribution < -0.4 is 0 Å². The van der Waals surface area contributed by atoms with Gasteiger partial charge in [0.15, 0.2) is 11.6 Å². The molecule has 126 valence electrons. The Morgan fingerprint density at radius 3 is 2.42 bits per heavy atom. The fraction of sp³-hybridized carbons (Fsp3) is 0.444. The molecule has 24 heavy (non-hydrogen) atoms. The maximum absolute atomic E-state index is 12.3. The number of ketones is 2. The van der Waals surface area contributed by atoms with Gasteiger partial charge in [0.1, 0.15) is 0 Å². The number of hydrogen-bond acceptors (Lipinski definition) is 6. The molecule has 1 saturated heterocycles. The number of carbonyl (C=O) groups excluding carboxylic acids is 2. The van der Waals surface area contributed by atoms with Gasteiger partial charge in [-0.2, -0.15) is 4.98 Å². The molecule has 1 aliphatic rings. The number of nitrogens with zero attached hydrogens (tertiary/aromatic N) is 3. The van der Waals surface area contributed by atoms with Gasteiger partial charge in [-0.05, 0) is 45.3 Å². The molecule has 6 heteroatoms. The standard InChI is InChI=1S/C18H21N3O3/c1-12(22)15-5-3-14(4-6-15)11-21-9-7-16(8-10-21)17(23)18-19-13(2)20-24-18/h3-6,16H,7-11H2,1-2H3. The Bertz CT molecular complexity index is 728. The fourth-order valence-corrected chi connectivity index (χ4v) is 3.03. The predicted molar refractivity (Wildman–Crippen MR) is 87.8 cm³/mol. The number of likely N-dealkylation sites (tertiary alicyclic amines) is 1. The fourth-order valence-electron chi connectivity index (χ4n) is 3.03. The zero-order valence-corrected chi connectivity index (χ0v) is 14.0. The molecule has 0 unspecified atom stereocenters. The highest BCUT2D eigenvalue weighted by Gasteiger charge is 2.29. The van der Waals surface area contributed by atoms with Gasteiger partial charge < -0.3 is 4.52 Å². The third-order valence-electron chi connectivity index (χ3n) is 4.46. The molecule has 1 aliphatic heterocycles. The molecule has 1 aromatic carbocycles. The maximum Gasteiger partial charge on any atom is 0.294 e. The van der Waals surface area contributed by atoms with Crippen LogP contribution in [0.2, 0.25) is 0 Å². The Labute approximate surface area is 140 Å². The van der Waals surface area contributed by atoms with Gasteiger partial charge in [-0.1, -0.05) is 29.4 Å². The number of rotatable bonds is 5. The van der Waals surface area contributed by atoms with Crippen molar-refractivity contribution in [3.05, 3.63) is 47.1 Å². The summed E-state index contributed by atoms with van der Waals surface area (Å²) in [4.78, 5) is 30.0. The van der Waals surface area contributed by atoms with Crippen molar-refractivity contribution in [1.82, 2.24) is 15.0 Å². The molecular weight excluding hydrogens is 306 g/mol. The van der Waals surface area contributed by atoms with Gasteiger partial charge in [0.25, 0.3) is 5.89 Å². The van der Waals surface area contributed by atoms with Gasteiger partial charge in [-0.3, -0.25) is 14.5 Å². The first-order valence-corrected chi connectivity index (χ1v) is 8.19. The normalized spacial score (nSPS) is 16.2. The van der Waals surface area contributed by atoms with E-state index in [0.29, 0.717) is 5.82 Å². The summed E-state index contributed by atoms with van der Waals surface area (Å²) in [5.74, 6) is 0.620.